The molecule has 1 aliphatic rings. The van der Waals surface area contributed by atoms with Gasteiger partial charge in [-0.05, 0) is 33.1 Å². The van der Waals surface area contributed by atoms with Gasteiger partial charge in [0.15, 0.2) is 0 Å². The molecule has 1 aliphatic heterocycles. The summed E-state index contributed by atoms with van der Waals surface area (Å²) in [5.41, 5.74) is 4.65. The van der Waals surface area contributed by atoms with Crippen molar-refractivity contribution in [3.8, 4) is 0 Å². The van der Waals surface area contributed by atoms with Gasteiger partial charge in [-0.3, -0.25) is 4.68 Å². The summed E-state index contributed by atoms with van der Waals surface area (Å²) in [5.74, 6) is 0. The molecule has 0 unspecified atom stereocenters. The van der Waals surface area contributed by atoms with Gasteiger partial charge in [-0.15, -0.1) is 11.3 Å². The lowest BCUT2D eigenvalue weighted by molar-refractivity contribution is 0.0973. The summed E-state index contributed by atoms with van der Waals surface area (Å²) in [6.07, 6.45) is 3.36. The maximum Gasteiger partial charge on any atom is 0.101 e. The van der Waals surface area contributed by atoms with Crippen LogP contribution in [0.5, 0.6) is 0 Å². The van der Waals surface area contributed by atoms with Crippen molar-refractivity contribution in [2.24, 2.45) is 7.05 Å². The summed E-state index contributed by atoms with van der Waals surface area (Å²) in [7, 11) is 1.99. The number of ether oxygens (including phenoxy) is 1. The Kier molecular flexibility index (Phi) is 5.14. The van der Waals surface area contributed by atoms with Crippen molar-refractivity contribution in [1.82, 2.24) is 20.1 Å². The SMILES string of the molecule is CCCc1nc(CN[C@H]2CCO[C@@H]2c2c(C)nn(C)c2C)cs1. The number of hydrogen-bond acceptors (Lipinski definition) is 5. The highest BCUT2D eigenvalue weighted by atomic mass is 32.1. The standard InChI is InChI=1S/C17H26N4OS/c1-5-6-15-19-13(10-23-15)9-18-14-7-8-22-17(14)16-11(2)20-21(4)12(16)3/h10,14,17-18H,5-9H2,1-4H3/t14-,17-/m0/s1. The Morgan fingerprint density at radius 2 is 2.26 bits per heavy atom. The Morgan fingerprint density at radius 1 is 1.43 bits per heavy atom. The quantitative estimate of drug-likeness (QED) is 0.882. The first-order valence-electron chi connectivity index (χ1n) is 8.38. The van der Waals surface area contributed by atoms with Crippen LogP contribution in [-0.2, 0) is 24.8 Å². The van der Waals surface area contributed by atoms with Gasteiger partial charge in [0.2, 0.25) is 0 Å². The van der Waals surface area contributed by atoms with Crippen LogP contribution in [0.2, 0.25) is 0 Å². The van der Waals surface area contributed by atoms with Crippen LogP contribution in [0.4, 0.5) is 0 Å². The molecule has 2 aromatic rings. The zero-order valence-corrected chi connectivity index (χ0v) is 15.2. The van der Waals surface area contributed by atoms with Crippen molar-refractivity contribution in [3.63, 3.8) is 0 Å². The highest BCUT2D eigenvalue weighted by Crippen LogP contribution is 2.33. The van der Waals surface area contributed by atoms with Crippen LogP contribution < -0.4 is 5.32 Å². The second-order valence-corrected chi connectivity index (χ2v) is 7.20. The van der Waals surface area contributed by atoms with Crippen molar-refractivity contribution < 1.29 is 4.74 Å². The van der Waals surface area contributed by atoms with Gasteiger partial charge in [-0.1, -0.05) is 6.92 Å². The predicted molar refractivity (Wildman–Crippen MR) is 92.7 cm³/mol. The van der Waals surface area contributed by atoms with Gasteiger partial charge in [0.25, 0.3) is 0 Å². The fraction of sp³-hybridized carbons (Fsp3) is 0.647. The fourth-order valence-electron chi connectivity index (χ4n) is 3.28. The molecule has 0 saturated carbocycles. The van der Waals surface area contributed by atoms with Gasteiger partial charge in [-0.25, -0.2) is 4.98 Å². The Morgan fingerprint density at radius 3 is 2.96 bits per heavy atom. The molecule has 2 atom stereocenters. The summed E-state index contributed by atoms with van der Waals surface area (Å²) >= 11 is 1.77. The molecule has 0 amide bonds. The summed E-state index contributed by atoms with van der Waals surface area (Å²) in [4.78, 5) is 4.70. The topological polar surface area (TPSA) is 52.0 Å². The number of aromatic nitrogens is 3. The summed E-state index contributed by atoms with van der Waals surface area (Å²) in [6, 6.07) is 0.327. The summed E-state index contributed by atoms with van der Waals surface area (Å²) < 4.78 is 7.97. The lowest BCUT2D eigenvalue weighted by Gasteiger charge is -2.20. The Bertz CT molecular complexity index is 664. The fourth-order valence-corrected chi connectivity index (χ4v) is 4.18. The Balaban J connectivity index is 1.67. The molecule has 126 valence electrons. The smallest absolute Gasteiger partial charge is 0.101 e. The minimum Gasteiger partial charge on any atom is -0.372 e. The van der Waals surface area contributed by atoms with Crippen molar-refractivity contribution in [2.45, 2.75) is 58.7 Å². The first kappa shape index (κ1) is 16.6. The van der Waals surface area contributed by atoms with Crippen LogP contribution in [0.3, 0.4) is 0 Å². The van der Waals surface area contributed by atoms with E-state index in [2.05, 4.69) is 36.6 Å². The molecular weight excluding hydrogens is 308 g/mol. The monoisotopic (exact) mass is 334 g/mol. The maximum absolute atomic E-state index is 6.03. The highest BCUT2D eigenvalue weighted by Gasteiger charge is 2.33. The average Bonchev–Trinajstić information content (AvgIpc) is 3.19. The van der Waals surface area contributed by atoms with E-state index in [4.69, 9.17) is 9.72 Å². The lowest BCUT2D eigenvalue weighted by Crippen LogP contribution is -2.31. The third kappa shape index (κ3) is 3.49. The van der Waals surface area contributed by atoms with E-state index in [1.54, 1.807) is 11.3 Å². The van der Waals surface area contributed by atoms with Gasteiger partial charge in [0, 0.05) is 42.9 Å². The zero-order chi connectivity index (χ0) is 16.4. The summed E-state index contributed by atoms with van der Waals surface area (Å²) in [5, 5.41) is 11.6. The average molecular weight is 334 g/mol. The number of rotatable bonds is 6. The van der Waals surface area contributed by atoms with Crippen LogP contribution in [0.1, 0.15) is 53.5 Å². The number of thiazole rings is 1. The normalized spacial score (nSPS) is 21.2. The lowest BCUT2D eigenvalue weighted by atomic mass is 10.0. The molecule has 5 nitrogen and oxygen atoms in total. The molecule has 1 fully saturated rings. The molecule has 0 bridgehead atoms. The third-order valence-corrected chi connectivity index (χ3v) is 5.51. The van der Waals surface area contributed by atoms with Gasteiger partial charge in [-0.2, -0.15) is 5.10 Å². The van der Waals surface area contributed by atoms with Gasteiger partial charge >= 0.3 is 0 Å². The molecule has 2 aromatic heterocycles. The number of aryl methyl sites for hydroxylation is 3. The van der Waals surface area contributed by atoms with E-state index in [1.165, 1.54) is 16.3 Å². The zero-order valence-electron chi connectivity index (χ0n) is 14.4. The molecule has 0 spiro atoms. The van der Waals surface area contributed by atoms with Crippen molar-refractivity contribution >= 4 is 11.3 Å². The van der Waals surface area contributed by atoms with E-state index in [0.717, 1.165) is 43.8 Å². The molecule has 6 heteroatoms. The van der Waals surface area contributed by atoms with Crippen LogP contribution in [0.15, 0.2) is 5.38 Å². The number of nitrogens with zero attached hydrogens (tertiary/aromatic N) is 3. The minimum absolute atomic E-state index is 0.0949. The molecule has 3 rings (SSSR count). The van der Waals surface area contributed by atoms with E-state index in [-0.39, 0.29) is 6.10 Å². The van der Waals surface area contributed by atoms with E-state index < -0.39 is 0 Å². The molecule has 0 aliphatic carbocycles. The molecule has 1 saturated heterocycles. The molecular formula is C17H26N4OS. The summed E-state index contributed by atoms with van der Waals surface area (Å²) in [6.45, 7) is 7.99. The van der Waals surface area contributed by atoms with Crippen LogP contribution >= 0.6 is 11.3 Å². The van der Waals surface area contributed by atoms with Crippen LogP contribution in [-0.4, -0.2) is 27.4 Å². The Labute approximate surface area is 142 Å². The van der Waals surface area contributed by atoms with Gasteiger partial charge < -0.3 is 10.1 Å². The van der Waals surface area contributed by atoms with E-state index in [0.29, 0.717) is 6.04 Å². The van der Waals surface area contributed by atoms with Gasteiger partial charge in [0.1, 0.15) is 6.10 Å². The van der Waals surface area contributed by atoms with Crippen LogP contribution in [0, 0.1) is 13.8 Å². The molecule has 0 aromatic carbocycles. The van der Waals surface area contributed by atoms with Crippen LogP contribution in [0.25, 0.3) is 0 Å². The number of nitrogens with one attached hydrogen (secondary N) is 1. The molecule has 23 heavy (non-hydrogen) atoms. The molecule has 3 heterocycles. The largest absolute Gasteiger partial charge is 0.372 e. The first-order valence-corrected chi connectivity index (χ1v) is 9.26. The van der Waals surface area contributed by atoms with Crippen molar-refractivity contribution in [3.05, 3.63) is 33.0 Å². The number of hydrogen-bond donors (Lipinski definition) is 1. The van der Waals surface area contributed by atoms with Gasteiger partial charge in [0.05, 0.1) is 16.4 Å². The third-order valence-electron chi connectivity index (χ3n) is 4.55. The molecule has 0 radical (unpaired) electrons. The van der Waals surface area contributed by atoms with Crippen molar-refractivity contribution in [2.75, 3.05) is 6.61 Å². The predicted octanol–water partition coefficient (Wildman–Crippen LogP) is 3.07. The highest BCUT2D eigenvalue weighted by molar-refractivity contribution is 7.09. The van der Waals surface area contributed by atoms with E-state index >= 15 is 0 Å². The van der Waals surface area contributed by atoms with E-state index in [9.17, 15) is 0 Å². The van der Waals surface area contributed by atoms with Crippen molar-refractivity contribution in [1.29, 1.82) is 0 Å². The second-order valence-electron chi connectivity index (χ2n) is 6.26. The second kappa shape index (κ2) is 7.11. The van der Waals surface area contributed by atoms with E-state index in [1.807, 2.05) is 11.7 Å². The Hall–Kier alpha value is -1.24. The maximum atomic E-state index is 6.03. The molecule has 1 N–H and O–H groups in total. The first-order chi connectivity index (χ1) is 11.1. The minimum atomic E-state index is 0.0949.